The molecule has 2 bridgehead atoms. The first-order valence-electron chi connectivity index (χ1n) is 20.1. The molecule has 12 rings (SSSR count). The van der Waals surface area contributed by atoms with Gasteiger partial charge in [-0.05, 0) is 87.5 Å². The molecule has 58 heavy (non-hydrogen) atoms. The van der Waals surface area contributed by atoms with Crippen LogP contribution in [0.4, 0.5) is 0 Å². The lowest BCUT2D eigenvalue weighted by molar-refractivity contribution is 0.629. The van der Waals surface area contributed by atoms with Gasteiger partial charge < -0.3 is 9.13 Å². The lowest BCUT2D eigenvalue weighted by atomic mass is 9.52. The Labute approximate surface area is 337 Å². The summed E-state index contributed by atoms with van der Waals surface area (Å²) in [6.07, 6.45) is 9.08. The summed E-state index contributed by atoms with van der Waals surface area (Å²) in [5.41, 5.74) is 14.3. The van der Waals surface area contributed by atoms with E-state index in [1.807, 2.05) is 0 Å². The third kappa shape index (κ3) is 4.27. The van der Waals surface area contributed by atoms with E-state index in [2.05, 4.69) is 228 Å². The zero-order chi connectivity index (χ0) is 38.4. The second-order valence-electron chi connectivity index (χ2n) is 15.7. The van der Waals surface area contributed by atoms with Crippen LogP contribution in [0, 0.1) is 0 Å². The maximum atomic E-state index is 4.94. The minimum Gasteiger partial charge on any atom is -0.309 e. The van der Waals surface area contributed by atoms with E-state index in [9.17, 15) is 0 Å². The van der Waals surface area contributed by atoms with Gasteiger partial charge in [0.25, 0.3) is 0 Å². The number of allylic oxidation sites excluding steroid dienone is 5. The maximum absolute atomic E-state index is 4.94. The lowest BCUT2D eigenvalue weighted by Crippen LogP contribution is -2.44. The molecule has 2 nitrogen and oxygen atoms in total. The molecule has 8 aromatic carbocycles. The zero-order valence-corrected chi connectivity index (χ0v) is 31.9. The van der Waals surface area contributed by atoms with Gasteiger partial charge in [-0.2, -0.15) is 0 Å². The zero-order valence-electron chi connectivity index (χ0n) is 31.9. The molecular weight excluding hydrogens is 701 g/mol. The monoisotopic (exact) mass is 738 g/mol. The molecule has 0 atom stereocenters. The predicted molar refractivity (Wildman–Crippen MR) is 242 cm³/mol. The van der Waals surface area contributed by atoms with Gasteiger partial charge in [-0.1, -0.05) is 176 Å². The molecule has 0 saturated carbocycles. The first-order chi connectivity index (χ1) is 28.7. The lowest BCUT2D eigenvalue weighted by Gasteiger charge is -2.49. The SMILES string of the molecule is C=C1/C=C\C=C/C2(c3cccc(-n4c5ccccc5c5ccccc54)c3)c3ccccc3C1(c1cccc(-n3c4ccccc4c4ccccc43)c1)c1ccccc12. The Morgan fingerprint density at radius 2 is 0.759 bits per heavy atom. The summed E-state index contributed by atoms with van der Waals surface area (Å²) in [5.74, 6) is 0. The number of para-hydroxylation sites is 4. The number of fused-ring (bicyclic) bond motifs is 9. The van der Waals surface area contributed by atoms with Crippen LogP contribution >= 0.6 is 0 Å². The second kappa shape index (κ2) is 12.3. The Balaban J connectivity index is 1.14. The van der Waals surface area contributed by atoms with Crippen LogP contribution in [0.25, 0.3) is 55.0 Å². The first kappa shape index (κ1) is 32.8. The van der Waals surface area contributed by atoms with Crippen LogP contribution in [0.2, 0.25) is 0 Å². The van der Waals surface area contributed by atoms with Crippen LogP contribution in [0.3, 0.4) is 0 Å². The number of aromatic nitrogens is 2. The van der Waals surface area contributed by atoms with E-state index < -0.39 is 10.8 Å². The summed E-state index contributed by atoms with van der Waals surface area (Å²) in [7, 11) is 0. The van der Waals surface area contributed by atoms with E-state index in [1.165, 1.54) is 77.0 Å². The van der Waals surface area contributed by atoms with Gasteiger partial charge in [0.2, 0.25) is 0 Å². The molecule has 272 valence electrons. The van der Waals surface area contributed by atoms with Crippen molar-refractivity contribution in [1.29, 1.82) is 0 Å². The van der Waals surface area contributed by atoms with Crippen LogP contribution in [0.15, 0.2) is 231 Å². The molecule has 0 unspecified atom stereocenters. The minimum absolute atomic E-state index is 0.592. The van der Waals surface area contributed by atoms with Crippen molar-refractivity contribution in [3.8, 4) is 11.4 Å². The molecule has 10 aromatic rings. The highest BCUT2D eigenvalue weighted by Crippen LogP contribution is 2.59. The van der Waals surface area contributed by atoms with Gasteiger partial charge >= 0.3 is 0 Å². The number of rotatable bonds is 4. The highest BCUT2D eigenvalue weighted by Gasteiger charge is 2.52. The normalized spacial score (nSPS) is 19.5. The molecule has 2 aliphatic carbocycles. The molecule has 2 aliphatic rings. The fraction of sp³-hybridized carbons (Fsp3) is 0.0357. The highest BCUT2D eigenvalue weighted by molar-refractivity contribution is 6.10. The molecule has 0 radical (unpaired) electrons. The van der Waals surface area contributed by atoms with Gasteiger partial charge in [0.15, 0.2) is 0 Å². The van der Waals surface area contributed by atoms with Gasteiger partial charge in [-0.15, -0.1) is 0 Å². The fourth-order valence-electron chi connectivity index (χ4n) is 10.7. The number of nitrogens with zero attached hydrogens (tertiary/aromatic N) is 2. The second-order valence-corrected chi connectivity index (χ2v) is 15.7. The number of hydrogen-bond donors (Lipinski definition) is 0. The summed E-state index contributed by atoms with van der Waals surface area (Å²) >= 11 is 0. The third-order valence-electron chi connectivity index (χ3n) is 13.0. The van der Waals surface area contributed by atoms with Crippen molar-refractivity contribution in [1.82, 2.24) is 9.13 Å². The maximum Gasteiger partial charge on any atom is 0.0703 e. The van der Waals surface area contributed by atoms with Crippen LogP contribution in [0.1, 0.15) is 33.4 Å². The molecule has 0 spiro atoms. The van der Waals surface area contributed by atoms with Crippen molar-refractivity contribution < 1.29 is 0 Å². The standard InChI is InChI=1S/C56H38N2/c1-38-18-14-15-35-55(39-19-16-21-41(36-39)57-51-31-10-2-23-43(51)44-24-3-11-32-52(44)57)47-27-6-8-29-49(47)56(38,50-30-9-7-28-48(50)55)40-20-17-22-42(37-40)58-53-33-12-4-25-45(53)46-26-5-13-34-54(46)58/h2-37H,1H2/b18-14-,35-15-. The van der Waals surface area contributed by atoms with Crippen molar-refractivity contribution >= 4 is 43.6 Å². The molecule has 0 amide bonds. The molecule has 2 aromatic heterocycles. The van der Waals surface area contributed by atoms with E-state index in [4.69, 9.17) is 6.58 Å². The summed E-state index contributed by atoms with van der Waals surface area (Å²) in [6, 6.07) is 71.7. The first-order valence-corrected chi connectivity index (χ1v) is 20.1. The summed E-state index contributed by atoms with van der Waals surface area (Å²) in [6.45, 7) is 4.94. The average molecular weight is 739 g/mol. The van der Waals surface area contributed by atoms with Crippen molar-refractivity contribution in [3.05, 3.63) is 264 Å². The van der Waals surface area contributed by atoms with Gasteiger partial charge in [-0.25, -0.2) is 0 Å². The fourth-order valence-corrected chi connectivity index (χ4v) is 10.7. The summed E-state index contributed by atoms with van der Waals surface area (Å²) < 4.78 is 4.85. The molecule has 0 saturated heterocycles. The van der Waals surface area contributed by atoms with E-state index in [1.54, 1.807) is 0 Å². The van der Waals surface area contributed by atoms with E-state index in [0.717, 1.165) is 16.9 Å². The van der Waals surface area contributed by atoms with Gasteiger partial charge in [0, 0.05) is 32.9 Å². The molecule has 2 heteroatoms. The molecule has 0 aliphatic heterocycles. The van der Waals surface area contributed by atoms with Crippen molar-refractivity contribution in [3.63, 3.8) is 0 Å². The van der Waals surface area contributed by atoms with Crippen molar-refractivity contribution in [2.45, 2.75) is 10.8 Å². The molecule has 0 N–H and O–H groups in total. The minimum atomic E-state index is -0.668. The van der Waals surface area contributed by atoms with Crippen LogP contribution in [-0.4, -0.2) is 9.13 Å². The molecular formula is C56H38N2. The van der Waals surface area contributed by atoms with Crippen molar-refractivity contribution in [2.24, 2.45) is 0 Å². The van der Waals surface area contributed by atoms with Gasteiger partial charge in [0.05, 0.1) is 32.9 Å². The summed E-state index contributed by atoms with van der Waals surface area (Å²) in [5, 5.41) is 5.02. The molecule has 2 heterocycles. The summed E-state index contributed by atoms with van der Waals surface area (Å²) in [4.78, 5) is 0. The van der Waals surface area contributed by atoms with Gasteiger partial charge in [-0.3, -0.25) is 0 Å². The Kier molecular flexibility index (Phi) is 6.95. The third-order valence-corrected chi connectivity index (χ3v) is 13.0. The quantitative estimate of drug-likeness (QED) is 0.170. The van der Waals surface area contributed by atoms with E-state index in [-0.39, 0.29) is 0 Å². The predicted octanol–water partition coefficient (Wildman–Crippen LogP) is 13.5. The average Bonchev–Trinajstić information content (AvgIpc) is 3.83. The van der Waals surface area contributed by atoms with Gasteiger partial charge in [0.1, 0.15) is 0 Å². The smallest absolute Gasteiger partial charge is 0.0703 e. The van der Waals surface area contributed by atoms with Crippen LogP contribution in [0.5, 0.6) is 0 Å². The van der Waals surface area contributed by atoms with Crippen LogP contribution in [-0.2, 0) is 10.8 Å². The number of hydrogen-bond acceptors (Lipinski definition) is 0. The Hall–Kier alpha value is -7.42. The number of benzene rings is 8. The van der Waals surface area contributed by atoms with E-state index >= 15 is 0 Å². The van der Waals surface area contributed by atoms with Crippen molar-refractivity contribution in [2.75, 3.05) is 0 Å². The molecule has 0 fully saturated rings. The Morgan fingerprint density at radius 1 is 0.362 bits per heavy atom. The Bertz CT molecular complexity index is 3230. The highest BCUT2D eigenvalue weighted by atomic mass is 15.0. The van der Waals surface area contributed by atoms with Crippen LogP contribution < -0.4 is 0 Å². The van der Waals surface area contributed by atoms with E-state index in [0.29, 0.717) is 0 Å². The largest absolute Gasteiger partial charge is 0.309 e. The topological polar surface area (TPSA) is 9.86 Å². The Morgan fingerprint density at radius 3 is 1.24 bits per heavy atom.